The summed E-state index contributed by atoms with van der Waals surface area (Å²) in [4.78, 5) is 25.3. The molecule has 12 heteroatoms. The monoisotopic (exact) mass is 562 g/mol. The molecular formula is C29H24F2N4O6. The Morgan fingerprint density at radius 1 is 0.659 bits per heavy atom. The number of hydrogen-bond acceptors (Lipinski definition) is 6. The highest BCUT2D eigenvalue weighted by Crippen LogP contribution is 2.30. The molecule has 0 aliphatic heterocycles. The van der Waals surface area contributed by atoms with Gasteiger partial charge in [0.2, 0.25) is 11.8 Å². The summed E-state index contributed by atoms with van der Waals surface area (Å²) in [6.45, 7) is 1.86. The molecule has 3 aromatic carbocycles. The fraction of sp³-hybridized carbons (Fsp3) is 0.0345. The topological polar surface area (TPSA) is 140 Å². The highest BCUT2D eigenvalue weighted by Gasteiger charge is 2.24. The lowest BCUT2D eigenvalue weighted by atomic mass is 10.2. The van der Waals surface area contributed by atoms with Crippen LogP contribution in [0.4, 0.5) is 47.2 Å². The number of urea groups is 2. The van der Waals surface area contributed by atoms with Gasteiger partial charge in [-0.05, 0) is 55.0 Å². The van der Waals surface area contributed by atoms with E-state index in [1.54, 1.807) is 36.4 Å². The second kappa shape index (κ2) is 12.8. The number of aromatic hydroxyl groups is 2. The Balaban J connectivity index is 0.000000191. The summed E-state index contributed by atoms with van der Waals surface area (Å²) in [5, 5.41) is 26.5. The first-order valence-corrected chi connectivity index (χ1v) is 12.0. The number of phenols is 2. The molecular weight excluding hydrogens is 538 g/mol. The number of anilines is 5. The van der Waals surface area contributed by atoms with Crippen molar-refractivity contribution >= 4 is 40.9 Å². The van der Waals surface area contributed by atoms with Gasteiger partial charge in [0.25, 0.3) is 0 Å². The number of hydrogen-bond donors (Lipinski definition) is 5. The Morgan fingerprint density at radius 3 is 1.66 bits per heavy atom. The first-order chi connectivity index (χ1) is 19.7. The van der Waals surface area contributed by atoms with Crippen LogP contribution in [0.5, 0.6) is 11.5 Å². The number of phenolic OH excluding ortho intramolecular Hbond substituents is 2. The zero-order chi connectivity index (χ0) is 29.4. The fourth-order valence-corrected chi connectivity index (χ4v) is 3.50. The summed E-state index contributed by atoms with van der Waals surface area (Å²) in [5.74, 6) is -2.42. The number of carbonyl (C=O) groups excluding carboxylic acids is 2. The van der Waals surface area contributed by atoms with Crippen molar-refractivity contribution in [3.8, 4) is 11.5 Å². The Morgan fingerprint density at radius 2 is 1.15 bits per heavy atom. The lowest BCUT2D eigenvalue weighted by Gasteiger charge is -2.18. The van der Waals surface area contributed by atoms with Crippen molar-refractivity contribution in [1.82, 2.24) is 0 Å². The average Bonchev–Trinajstić information content (AvgIpc) is 3.67. The van der Waals surface area contributed by atoms with Gasteiger partial charge in [-0.1, -0.05) is 30.3 Å². The molecule has 0 saturated heterocycles. The number of furan rings is 2. The van der Waals surface area contributed by atoms with Crippen LogP contribution < -0.4 is 20.9 Å². The van der Waals surface area contributed by atoms with Gasteiger partial charge in [0, 0.05) is 17.8 Å². The van der Waals surface area contributed by atoms with E-state index in [1.165, 1.54) is 36.8 Å². The van der Waals surface area contributed by atoms with E-state index in [-0.39, 0.29) is 23.1 Å². The van der Waals surface area contributed by atoms with E-state index in [4.69, 9.17) is 8.83 Å². The number of benzene rings is 3. The third-order valence-corrected chi connectivity index (χ3v) is 5.51. The average molecular weight is 563 g/mol. The van der Waals surface area contributed by atoms with Crippen LogP contribution in [0.15, 0.2) is 106 Å². The third-order valence-electron chi connectivity index (χ3n) is 5.51. The quantitative estimate of drug-likeness (QED) is 0.140. The maximum Gasteiger partial charge on any atom is 0.335 e. The Bertz CT molecular complexity index is 1590. The number of para-hydroxylation sites is 3. The zero-order valence-corrected chi connectivity index (χ0v) is 21.5. The van der Waals surface area contributed by atoms with Crippen molar-refractivity contribution in [2.75, 3.05) is 20.9 Å². The normalized spacial score (nSPS) is 10.2. The number of rotatable bonds is 5. The minimum absolute atomic E-state index is 0.0195. The third kappa shape index (κ3) is 7.00. The van der Waals surface area contributed by atoms with Crippen LogP contribution in [-0.2, 0) is 0 Å². The molecule has 0 fully saturated rings. The van der Waals surface area contributed by atoms with E-state index < -0.39 is 35.2 Å². The maximum absolute atomic E-state index is 13.3. The number of carbonyl (C=O) groups is 2. The molecule has 210 valence electrons. The van der Waals surface area contributed by atoms with Gasteiger partial charge in [0.15, 0.2) is 23.1 Å². The van der Waals surface area contributed by atoms with Crippen molar-refractivity contribution in [2.24, 2.45) is 0 Å². The molecule has 41 heavy (non-hydrogen) atoms. The molecule has 5 rings (SSSR count). The first-order valence-electron chi connectivity index (χ1n) is 12.0. The minimum Gasteiger partial charge on any atom is -0.503 e. The van der Waals surface area contributed by atoms with E-state index in [1.807, 2.05) is 19.1 Å². The van der Waals surface area contributed by atoms with Crippen molar-refractivity contribution < 1.29 is 37.4 Å². The summed E-state index contributed by atoms with van der Waals surface area (Å²) < 4.78 is 36.8. The predicted molar refractivity (Wildman–Crippen MR) is 149 cm³/mol. The second-order valence-corrected chi connectivity index (χ2v) is 8.33. The van der Waals surface area contributed by atoms with Crippen molar-refractivity contribution in [3.63, 3.8) is 0 Å². The second-order valence-electron chi connectivity index (χ2n) is 8.33. The fourth-order valence-electron chi connectivity index (χ4n) is 3.50. The largest absolute Gasteiger partial charge is 0.503 e. The summed E-state index contributed by atoms with van der Waals surface area (Å²) in [6.07, 6.45) is 2.80. The number of aryl methyl sites for hydroxylation is 1. The Labute approximate surface area is 232 Å². The molecule has 0 saturated carbocycles. The molecule has 5 N–H and O–H groups in total. The maximum atomic E-state index is 13.3. The molecule has 0 unspecified atom stereocenters. The number of nitrogens with one attached hydrogen (secondary N) is 3. The van der Waals surface area contributed by atoms with Crippen LogP contribution in [0, 0.1) is 18.6 Å². The van der Waals surface area contributed by atoms with Crippen molar-refractivity contribution in [1.29, 1.82) is 0 Å². The van der Waals surface area contributed by atoms with Gasteiger partial charge in [0.05, 0.1) is 23.9 Å². The van der Waals surface area contributed by atoms with Crippen LogP contribution in [0.1, 0.15) is 5.56 Å². The van der Waals surface area contributed by atoms with E-state index >= 15 is 0 Å². The van der Waals surface area contributed by atoms with Crippen LogP contribution in [0.2, 0.25) is 0 Å². The van der Waals surface area contributed by atoms with Crippen LogP contribution >= 0.6 is 0 Å². The standard InChI is InChI=1S/C15H11FN2O4.C14H13FN2O2/c16-10-4-1-5-11(14(10)19)17-15(20)18(12-6-2-8-21-12)13-7-3-9-22-13;1-9-5-2-3-7-11(9)16-14(19)17-12-8-4-6-10(15)13(12)18/h1-9,19H,(H,17,20);2-8,18H,1H3,(H2,16,17,19). The van der Waals surface area contributed by atoms with Crippen LogP contribution in [0.25, 0.3) is 0 Å². The van der Waals surface area contributed by atoms with Gasteiger partial charge in [-0.15, -0.1) is 0 Å². The number of nitrogens with zero attached hydrogens (tertiary/aromatic N) is 1. The smallest absolute Gasteiger partial charge is 0.335 e. The summed E-state index contributed by atoms with van der Waals surface area (Å²) >= 11 is 0. The van der Waals surface area contributed by atoms with E-state index in [9.17, 15) is 28.6 Å². The molecule has 0 aliphatic rings. The highest BCUT2D eigenvalue weighted by atomic mass is 19.1. The van der Waals surface area contributed by atoms with E-state index in [0.717, 1.165) is 22.6 Å². The number of amides is 4. The molecule has 2 heterocycles. The highest BCUT2D eigenvalue weighted by molar-refractivity contribution is 6.06. The lowest BCUT2D eigenvalue weighted by Crippen LogP contribution is -2.30. The Hall–Kier alpha value is -5.78. The van der Waals surface area contributed by atoms with Gasteiger partial charge in [0.1, 0.15) is 0 Å². The summed E-state index contributed by atoms with van der Waals surface area (Å²) in [6, 6.07) is 20.1. The van der Waals surface area contributed by atoms with Gasteiger partial charge < -0.3 is 35.0 Å². The Kier molecular flexibility index (Phi) is 8.85. The SMILES string of the molecule is Cc1ccccc1NC(=O)Nc1cccc(F)c1O.O=C(Nc1cccc(F)c1O)N(c1ccco1)c1ccco1. The van der Waals surface area contributed by atoms with Crippen molar-refractivity contribution in [3.05, 3.63) is 115 Å². The van der Waals surface area contributed by atoms with Crippen LogP contribution in [0.3, 0.4) is 0 Å². The molecule has 5 aromatic rings. The molecule has 0 bridgehead atoms. The molecule has 0 aliphatic carbocycles. The first kappa shape index (κ1) is 28.2. The van der Waals surface area contributed by atoms with Gasteiger partial charge in [-0.3, -0.25) is 0 Å². The van der Waals surface area contributed by atoms with Gasteiger partial charge in [-0.2, -0.15) is 0 Å². The molecule has 0 spiro atoms. The van der Waals surface area contributed by atoms with E-state index in [0.29, 0.717) is 5.69 Å². The minimum atomic E-state index is -0.833. The van der Waals surface area contributed by atoms with Gasteiger partial charge >= 0.3 is 12.1 Å². The molecule has 4 amide bonds. The predicted octanol–water partition coefficient (Wildman–Crippen LogP) is 7.57. The molecule has 2 aromatic heterocycles. The lowest BCUT2D eigenvalue weighted by molar-refractivity contribution is 0.257. The van der Waals surface area contributed by atoms with E-state index in [2.05, 4.69) is 16.0 Å². The zero-order valence-electron chi connectivity index (χ0n) is 21.5. The molecule has 0 atom stereocenters. The van der Waals surface area contributed by atoms with Gasteiger partial charge in [-0.25, -0.2) is 23.3 Å². The molecule has 0 radical (unpaired) electrons. The van der Waals surface area contributed by atoms with Crippen molar-refractivity contribution in [2.45, 2.75) is 6.92 Å². The summed E-state index contributed by atoms with van der Waals surface area (Å²) in [5.41, 5.74) is 1.51. The number of halogens is 2. The molecule has 10 nitrogen and oxygen atoms in total. The summed E-state index contributed by atoms with van der Waals surface area (Å²) in [7, 11) is 0. The van der Waals surface area contributed by atoms with Crippen LogP contribution in [-0.4, -0.2) is 22.3 Å².